The van der Waals surface area contributed by atoms with Crippen molar-refractivity contribution >= 4 is 17.4 Å². The normalized spacial score (nSPS) is 16.0. The predicted octanol–water partition coefficient (Wildman–Crippen LogP) is 2.20. The lowest BCUT2D eigenvalue weighted by Crippen LogP contribution is -2.35. The van der Waals surface area contributed by atoms with Crippen molar-refractivity contribution in [2.24, 2.45) is 5.92 Å². The Hall–Kier alpha value is -1.18. The van der Waals surface area contributed by atoms with Gasteiger partial charge in [-0.25, -0.2) is 9.78 Å². The Morgan fingerprint density at radius 2 is 2.23 bits per heavy atom. The number of rotatable bonds is 6. The van der Waals surface area contributed by atoms with Gasteiger partial charge in [-0.2, -0.15) is 0 Å². The maximum atomic E-state index is 11.8. The topological polar surface area (TPSA) is 54.9 Å². The summed E-state index contributed by atoms with van der Waals surface area (Å²) in [4.78, 5) is 20.3. The lowest BCUT2D eigenvalue weighted by atomic mass is 10.2. The van der Waals surface area contributed by atoms with Gasteiger partial charge < -0.3 is 14.4 Å². The number of hydrogen-bond acceptors (Lipinski definition) is 6. The summed E-state index contributed by atoms with van der Waals surface area (Å²) < 4.78 is 10.6. The number of amides is 1. The lowest BCUT2D eigenvalue weighted by molar-refractivity contribution is 0.0341. The maximum absolute atomic E-state index is 11.8. The summed E-state index contributed by atoms with van der Waals surface area (Å²) in [7, 11) is 1.74. The van der Waals surface area contributed by atoms with E-state index >= 15 is 0 Å². The van der Waals surface area contributed by atoms with E-state index in [-0.39, 0.29) is 6.09 Å². The maximum Gasteiger partial charge on any atom is 0.409 e. The van der Waals surface area contributed by atoms with Crippen molar-refractivity contribution in [1.82, 2.24) is 14.8 Å². The minimum absolute atomic E-state index is 0.295. The van der Waals surface area contributed by atoms with Gasteiger partial charge in [-0.3, -0.25) is 4.90 Å². The molecular formula is C15H25N3O3S. The zero-order valence-corrected chi connectivity index (χ0v) is 14.4. The number of aromatic nitrogens is 1. The fourth-order valence-electron chi connectivity index (χ4n) is 2.10. The molecule has 1 fully saturated rings. The molecule has 0 aliphatic carbocycles. The number of ether oxygens (including phenoxy) is 2. The van der Waals surface area contributed by atoms with E-state index in [4.69, 9.17) is 9.47 Å². The number of hydrogen-bond donors (Lipinski definition) is 0. The number of carbonyl (C=O) groups is 1. The molecule has 2 rings (SSSR count). The molecule has 6 nitrogen and oxygen atoms in total. The van der Waals surface area contributed by atoms with E-state index in [0.29, 0.717) is 19.1 Å². The number of morpholine rings is 1. The molecule has 7 heteroatoms. The van der Waals surface area contributed by atoms with E-state index < -0.39 is 0 Å². The molecule has 22 heavy (non-hydrogen) atoms. The van der Waals surface area contributed by atoms with E-state index in [1.165, 1.54) is 0 Å². The van der Waals surface area contributed by atoms with E-state index in [1.807, 2.05) is 19.2 Å². The fourth-order valence-corrected chi connectivity index (χ4v) is 2.93. The average Bonchev–Trinajstić information content (AvgIpc) is 2.92. The summed E-state index contributed by atoms with van der Waals surface area (Å²) in [6, 6.07) is 0. The largest absolute Gasteiger partial charge is 0.449 e. The molecule has 0 saturated carbocycles. The highest BCUT2D eigenvalue weighted by Gasteiger charge is 2.15. The van der Waals surface area contributed by atoms with Crippen molar-refractivity contribution in [1.29, 1.82) is 0 Å². The molecule has 1 aliphatic heterocycles. The minimum Gasteiger partial charge on any atom is -0.449 e. The van der Waals surface area contributed by atoms with Crippen LogP contribution in [0.1, 0.15) is 24.5 Å². The van der Waals surface area contributed by atoms with Crippen LogP contribution in [0.2, 0.25) is 0 Å². The number of thiazole rings is 1. The summed E-state index contributed by atoms with van der Waals surface area (Å²) in [6.07, 6.45) is -0.295. The minimum atomic E-state index is -0.295. The second-order valence-corrected chi connectivity index (χ2v) is 6.89. The van der Waals surface area contributed by atoms with Gasteiger partial charge in [0.1, 0.15) is 5.01 Å². The van der Waals surface area contributed by atoms with Crippen LogP contribution in [0.3, 0.4) is 0 Å². The molecule has 1 aliphatic rings. The van der Waals surface area contributed by atoms with Gasteiger partial charge in [-0.15, -0.1) is 11.3 Å². The highest BCUT2D eigenvalue weighted by molar-refractivity contribution is 7.09. The van der Waals surface area contributed by atoms with Crippen LogP contribution in [0.4, 0.5) is 4.79 Å². The Morgan fingerprint density at radius 1 is 1.50 bits per heavy atom. The van der Waals surface area contributed by atoms with Gasteiger partial charge in [-0.05, 0) is 5.92 Å². The molecule has 0 unspecified atom stereocenters. The molecule has 124 valence electrons. The van der Waals surface area contributed by atoms with E-state index in [2.05, 4.69) is 9.88 Å². The van der Waals surface area contributed by atoms with E-state index in [1.54, 1.807) is 23.3 Å². The molecule has 1 aromatic rings. The number of carbonyl (C=O) groups excluding carboxylic acids is 1. The Kier molecular flexibility index (Phi) is 6.60. The quantitative estimate of drug-likeness (QED) is 0.802. The molecule has 0 spiro atoms. The summed E-state index contributed by atoms with van der Waals surface area (Å²) in [6.45, 7) is 9.32. The smallest absolute Gasteiger partial charge is 0.409 e. The van der Waals surface area contributed by atoms with Crippen molar-refractivity contribution < 1.29 is 14.3 Å². The van der Waals surface area contributed by atoms with E-state index in [9.17, 15) is 4.79 Å². The van der Waals surface area contributed by atoms with Crippen LogP contribution in [0.15, 0.2) is 5.38 Å². The third-order valence-corrected chi connectivity index (χ3v) is 4.20. The fraction of sp³-hybridized carbons (Fsp3) is 0.733. The second-order valence-electron chi connectivity index (χ2n) is 5.95. The van der Waals surface area contributed by atoms with Crippen LogP contribution in [0.5, 0.6) is 0 Å². The standard InChI is InChI=1S/C15H25N3O3S/c1-12(2)10-21-15(19)17(3)8-13-11-22-14(16-13)9-18-4-6-20-7-5-18/h11-12H,4-10H2,1-3H3. The second kappa shape index (κ2) is 8.45. The van der Waals surface area contributed by atoms with Crippen LogP contribution >= 0.6 is 11.3 Å². The van der Waals surface area contributed by atoms with Crippen LogP contribution in [-0.2, 0) is 22.6 Å². The molecule has 1 aromatic heterocycles. The summed E-state index contributed by atoms with van der Waals surface area (Å²) >= 11 is 1.64. The molecule has 1 amide bonds. The van der Waals surface area contributed by atoms with Crippen LogP contribution < -0.4 is 0 Å². The van der Waals surface area contributed by atoms with Crippen molar-refractivity contribution in [3.05, 3.63) is 16.1 Å². The predicted molar refractivity (Wildman–Crippen MR) is 85.9 cm³/mol. The van der Waals surface area contributed by atoms with Crippen LogP contribution in [-0.4, -0.2) is 60.8 Å². The molecule has 0 bridgehead atoms. The SMILES string of the molecule is CC(C)COC(=O)N(C)Cc1csc(CN2CCOCC2)n1. The van der Waals surface area contributed by atoms with Gasteiger partial charge in [0.15, 0.2) is 0 Å². The Morgan fingerprint density at radius 3 is 2.91 bits per heavy atom. The van der Waals surface area contributed by atoms with Crippen molar-refractivity contribution in [2.45, 2.75) is 26.9 Å². The van der Waals surface area contributed by atoms with Crippen LogP contribution in [0.25, 0.3) is 0 Å². The molecule has 0 N–H and O–H groups in total. The van der Waals surface area contributed by atoms with Crippen molar-refractivity contribution in [2.75, 3.05) is 40.0 Å². The van der Waals surface area contributed by atoms with Gasteiger partial charge in [-0.1, -0.05) is 13.8 Å². The highest BCUT2D eigenvalue weighted by Crippen LogP contribution is 2.15. The average molecular weight is 327 g/mol. The molecule has 0 radical (unpaired) electrons. The van der Waals surface area contributed by atoms with Gasteiger partial charge in [0, 0.05) is 25.5 Å². The first-order valence-corrected chi connectivity index (χ1v) is 8.54. The third kappa shape index (κ3) is 5.55. The van der Waals surface area contributed by atoms with Gasteiger partial charge in [0.2, 0.25) is 0 Å². The third-order valence-electron chi connectivity index (χ3n) is 3.31. The molecule has 2 heterocycles. The van der Waals surface area contributed by atoms with Crippen molar-refractivity contribution in [3.8, 4) is 0 Å². The molecule has 0 atom stereocenters. The van der Waals surface area contributed by atoms with E-state index in [0.717, 1.165) is 43.5 Å². The number of nitrogens with zero attached hydrogens (tertiary/aromatic N) is 3. The first-order valence-electron chi connectivity index (χ1n) is 7.66. The Bertz CT molecular complexity index is 472. The molecule has 0 aromatic carbocycles. The summed E-state index contributed by atoms with van der Waals surface area (Å²) in [5.41, 5.74) is 0.914. The first kappa shape index (κ1) is 17.2. The van der Waals surface area contributed by atoms with Crippen molar-refractivity contribution in [3.63, 3.8) is 0 Å². The Balaban J connectivity index is 1.79. The van der Waals surface area contributed by atoms with Gasteiger partial charge in [0.25, 0.3) is 0 Å². The van der Waals surface area contributed by atoms with Crippen LogP contribution in [0, 0.1) is 5.92 Å². The van der Waals surface area contributed by atoms with Gasteiger partial charge >= 0.3 is 6.09 Å². The molecular weight excluding hydrogens is 302 g/mol. The lowest BCUT2D eigenvalue weighted by Gasteiger charge is -2.25. The van der Waals surface area contributed by atoms with Gasteiger partial charge in [0.05, 0.1) is 38.6 Å². The monoisotopic (exact) mass is 327 g/mol. The zero-order chi connectivity index (χ0) is 15.9. The Labute approximate surface area is 136 Å². The highest BCUT2D eigenvalue weighted by atomic mass is 32.1. The molecule has 1 saturated heterocycles. The summed E-state index contributed by atoms with van der Waals surface area (Å²) in [5, 5.41) is 3.10. The first-order chi connectivity index (χ1) is 10.5. The summed E-state index contributed by atoms with van der Waals surface area (Å²) in [5.74, 6) is 0.344. The zero-order valence-electron chi connectivity index (χ0n) is 13.6.